The molecule has 110 valence electrons. The highest BCUT2D eigenvalue weighted by molar-refractivity contribution is 7.99. The Morgan fingerprint density at radius 1 is 1.48 bits per heavy atom. The van der Waals surface area contributed by atoms with Crippen LogP contribution in [0.25, 0.3) is 11.0 Å². The lowest BCUT2D eigenvalue weighted by molar-refractivity contribution is -0.133. The minimum absolute atomic E-state index is 0.0226. The number of rotatable bonds is 4. The third-order valence-electron chi connectivity index (χ3n) is 2.82. The van der Waals surface area contributed by atoms with Gasteiger partial charge in [-0.1, -0.05) is 38.6 Å². The lowest BCUT2D eigenvalue weighted by Gasteiger charge is -2.20. The number of aromatic nitrogens is 2. The summed E-state index contributed by atoms with van der Waals surface area (Å²) in [5.74, 6) is -0.926. The highest BCUT2D eigenvalue weighted by Crippen LogP contribution is 2.29. The van der Waals surface area contributed by atoms with E-state index in [0.717, 1.165) is 5.52 Å². The van der Waals surface area contributed by atoms with Gasteiger partial charge in [-0.2, -0.15) is 5.26 Å². The van der Waals surface area contributed by atoms with Gasteiger partial charge in [0.05, 0.1) is 16.8 Å². The van der Waals surface area contributed by atoms with Crippen LogP contribution in [-0.4, -0.2) is 26.4 Å². The number of imidazole rings is 1. The van der Waals surface area contributed by atoms with Crippen molar-refractivity contribution in [3.63, 3.8) is 0 Å². The number of thioether (sulfide) groups is 1. The summed E-state index contributed by atoms with van der Waals surface area (Å²) in [7, 11) is 0. The first-order chi connectivity index (χ1) is 9.81. The fourth-order valence-corrected chi connectivity index (χ4v) is 2.81. The summed E-state index contributed by atoms with van der Waals surface area (Å²) >= 11 is 1.18. The minimum atomic E-state index is -0.880. The fraction of sp³-hybridized carbons (Fsp3) is 0.400. The van der Waals surface area contributed by atoms with Crippen LogP contribution in [0.3, 0.4) is 0 Å². The van der Waals surface area contributed by atoms with Crippen molar-refractivity contribution < 1.29 is 9.90 Å². The molecule has 0 atom stereocenters. The number of hydrogen-bond donors (Lipinski definition) is 1. The minimum Gasteiger partial charge on any atom is -0.481 e. The summed E-state index contributed by atoms with van der Waals surface area (Å²) < 4.78 is 2.00. The Bertz CT molecular complexity index is 723. The molecule has 0 radical (unpaired) electrons. The van der Waals surface area contributed by atoms with E-state index in [1.807, 2.05) is 16.7 Å². The van der Waals surface area contributed by atoms with Gasteiger partial charge in [-0.25, -0.2) is 4.98 Å². The van der Waals surface area contributed by atoms with Crippen LogP contribution in [0.5, 0.6) is 0 Å². The zero-order valence-corrected chi connectivity index (χ0v) is 13.1. The first kappa shape index (κ1) is 15.4. The number of aliphatic carboxylic acids is 1. The van der Waals surface area contributed by atoms with Gasteiger partial charge in [0, 0.05) is 6.54 Å². The second kappa shape index (κ2) is 5.78. The van der Waals surface area contributed by atoms with Crippen LogP contribution in [0.4, 0.5) is 0 Å². The third-order valence-corrected chi connectivity index (χ3v) is 3.78. The van der Waals surface area contributed by atoms with Crippen molar-refractivity contribution in [2.75, 3.05) is 5.75 Å². The number of fused-ring (bicyclic) bond motifs is 1. The maximum Gasteiger partial charge on any atom is 0.313 e. The summed E-state index contributed by atoms with van der Waals surface area (Å²) in [6.07, 6.45) is 0. The van der Waals surface area contributed by atoms with E-state index in [-0.39, 0.29) is 11.2 Å². The Labute approximate surface area is 127 Å². The predicted octanol–water partition coefficient (Wildman–Crippen LogP) is 3.13. The highest BCUT2D eigenvalue weighted by atomic mass is 32.2. The molecule has 0 unspecified atom stereocenters. The zero-order chi connectivity index (χ0) is 15.6. The van der Waals surface area contributed by atoms with Crippen LogP contribution in [0, 0.1) is 16.7 Å². The van der Waals surface area contributed by atoms with Crippen molar-refractivity contribution in [1.29, 1.82) is 5.26 Å². The van der Waals surface area contributed by atoms with Gasteiger partial charge >= 0.3 is 5.97 Å². The van der Waals surface area contributed by atoms with Crippen molar-refractivity contribution in [2.24, 2.45) is 5.41 Å². The molecule has 6 heteroatoms. The van der Waals surface area contributed by atoms with E-state index in [1.165, 1.54) is 11.8 Å². The summed E-state index contributed by atoms with van der Waals surface area (Å²) in [6.45, 7) is 7.04. The molecule has 0 bridgehead atoms. The average Bonchev–Trinajstić information content (AvgIpc) is 2.72. The molecule has 0 aliphatic carbocycles. The number of nitriles is 1. The molecule has 2 aromatic rings. The normalized spacial score (nSPS) is 11.5. The number of carbonyl (C=O) groups is 1. The van der Waals surface area contributed by atoms with E-state index in [2.05, 4.69) is 31.8 Å². The van der Waals surface area contributed by atoms with Gasteiger partial charge < -0.3 is 9.67 Å². The van der Waals surface area contributed by atoms with Gasteiger partial charge in [-0.3, -0.25) is 4.79 Å². The molecule has 0 spiro atoms. The number of para-hydroxylation sites is 1. The fourth-order valence-electron chi connectivity index (χ4n) is 2.08. The van der Waals surface area contributed by atoms with Gasteiger partial charge in [-0.15, -0.1) is 0 Å². The largest absolute Gasteiger partial charge is 0.481 e. The van der Waals surface area contributed by atoms with E-state index in [0.29, 0.717) is 22.8 Å². The Kier molecular flexibility index (Phi) is 4.24. The second-order valence-electron chi connectivity index (χ2n) is 6.01. The molecule has 21 heavy (non-hydrogen) atoms. The molecule has 0 aliphatic rings. The summed E-state index contributed by atoms with van der Waals surface area (Å²) in [5, 5.41) is 18.7. The zero-order valence-electron chi connectivity index (χ0n) is 12.3. The number of carboxylic acid groups (broad SMARTS) is 1. The van der Waals surface area contributed by atoms with Crippen LogP contribution in [0.1, 0.15) is 26.3 Å². The lowest BCUT2D eigenvalue weighted by Crippen LogP contribution is -2.16. The van der Waals surface area contributed by atoms with E-state index < -0.39 is 5.97 Å². The third kappa shape index (κ3) is 3.56. The first-order valence-electron chi connectivity index (χ1n) is 6.56. The van der Waals surface area contributed by atoms with Crippen molar-refractivity contribution in [3.8, 4) is 6.07 Å². The van der Waals surface area contributed by atoms with E-state index in [9.17, 15) is 10.1 Å². The Balaban J connectivity index is 2.57. The van der Waals surface area contributed by atoms with Crippen LogP contribution in [-0.2, 0) is 11.3 Å². The molecule has 2 rings (SSSR count). The number of benzene rings is 1. The van der Waals surface area contributed by atoms with Crippen LogP contribution >= 0.6 is 11.8 Å². The topological polar surface area (TPSA) is 78.9 Å². The number of hydrogen-bond acceptors (Lipinski definition) is 4. The molecule has 1 N–H and O–H groups in total. The molecule has 0 amide bonds. The molecule has 1 heterocycles. The highest BCUT2D eigenvalue weighted by Gasteiger charge is 2.19. The molecule has 0 aliphatic heterocycles. The number of carboxylic acids is 1. The quantitative estimate of drug-likeness (QED) is 0.878. The second-order valence-corrected chi connectivity index (χ2v) is 6.95. The van der Waals surface area contributed by atoms with Crippen molar-refractivity contribution in [3.05, 3.63) is 23.8 Å². The molecule has 1 aromatic carbocycles. The molecular weight excluding hydrogens is 286 g/mol. The molecule has 1 aromatic heterocycles. The molecule has 0 saturated heterocycles. The summed E-state index contributed by atoms with van der Waals surface area (Å²) in [5.41, 5.74) is 2.04. The Hall–Kier alpha value is -2.00. The van der Waals surface area contributed by atoms with E-state index >= 15 is 0 Å². The number of nitrogens with zero attached hydrogens (tertiary/aromatic N) is 3. The van der Waals surface area contributed by atoms with Gasteiger partial charge in [0.2, 0.25) is 0 Å². The SMILES string of the molecule is CC(C)(C)Cn1c(SCC(=O)O)nc2c(C#N)cccc21. The molecule has 5 nitrogen and oxygen atoms in total. The van der Waals surface area contributed by atoms with Crippen molar-refractivity contribution >= 4 is 28.8 Å². The van der Waals surface area contributed by atoms with Crippen LogP contribution < -0.4 is 0 Å². The van der Waals surface area contributed by atoms with Gasteiger partial charge in [0.1, 0.15) is 11.6 Å². The van der Waals surface area contributed by atoms with Crippen LogP contribution in [0.2, 0.25) is 0 Å². The smallest absolute Gasteiger partial charge is 0.313 e. The maximum absolute atomic E-state index is 10.8. The molecule has 0 saturated carbocycles. The van der Waals surface area contributed by atoms with Crippen molar-refractivity contribution in [2.45, 2.75) is 32.5 Å². The Morgan fingerprint density at radius 2 is 2.19 bits per heavy atom. The van der Waals surface area contributed by atoms with Gasteiger partial charge in [0.25, 0.3) is 0 Å². The molecular formula is C15H17N3O2S. The predicted molar refractivity (Wildman–Crippen MR) is 82.3 cm³/mol. The van der Waals surface area contributed by atoms with E-state index in [1.54, 1.807) is 6.07 Å². The standard InChI is InChI=1S/C15H17N3O2S/c1-15(2,3)9-18-11-6-4-5-10(7-16)13(11)17-14(18)21-8-12(19)20/h4-6H,8-9H2,1-3H3,(H,19,20). The van der Waals surface area contributed by atoms with E-state index in [4.69, 9.17) is 5.11 Å². The first-order valence-corrected chi connectivity index (χ1v) is 7.54. The maximum atomic E-state index is 10.8. The monoisotopic (exact) mass is 303 g/mol. The average molecular weight is 303 g/mol. The lowest BCUT2D eigenvalue weighted by atomic mass is 9.97. The van der Waals surface area contributed by atoms with Crippen molar-refractivity contribution in [1.82, 2.24) is 9.55 Å². The van der Waals surface area contributed by atoms with Gasteiger partial charge in [-0.05, 0) is 17.5 Å². The summed E-state index contributed by atoms with van der Waals surface area (Å²) in [4.78, 5) is 15.3. The van der Waals surface area contributed by atoms with Crippen LogP contribution in [0.15, 0.2) is 23.4 Å². The summed E-state index contributed by atoms with van der Waals surface area (Å²) in [6, 6.07) is 7.60. The Morgan fingerprint density at radius 3 is 2.76 bits per heavy atom. The molecule has 0 fully saturated rings. The van der Waals surface area contributed by atoms with Gasteiger partial charge in [0.15, 0.2) is 5.16 Å².